The predicted octanol–water partition coefficient (Wildman–Crippen LogP) is 4.06. The minimum Gasteiger partial charge on any atom is -0.459 e. The van der Waals surface area contributed by atoms with Crippen molar-refractivity contribution in [3.8, 4) is 0 Å². The predicted molar refractivity (Wildman–Crippen MR) is 87.4 cm³/mol. The van der Waals surface area contributed by atoms with E-state index in [1.54, 1.807) is 18.2 Å². The number of benzene rings is 2. The van der Waals surface area contributed by atoms with Gasteiger partial charge in [-0.15, -0.1) is 0 Å². The van der Waals surface area contributed by atoms with Gasteiger partial charge in [-0.25, -0.2) is 8.78 Å². The zero-order valence-electron chi connectivity index (χ0n) is 12.8. The van der Waals surface area contributed by atoms with E-state index in [9.17, 15) is 18.4 Å². The van der Waals surface area contributed by atoms with E-state index in [0.717, 1.165) is 12.1 Å². The minimum atomic E-state index is -0.879. The maximum absolute atomic E-state index is 13.6. The number of hydrogen-bond acceptors (Lipinski definition) is 3. The molecule has 0 saturated heterocycles. The zero-order valence-corrected chi connectivity index (χ0v) is 12.8. The summed E-state index contributed by atoms with van der Waals surface area (Å²) < 4.78 is 31.5. The maximum atomic E-state index is 13.6. The molecule has 3 aromatic rings. The summed E-state index contributed by atoms with van der Waals surface area (Å²) in [6.45, 7) is 0. The Balaban J connectivity index is 1.74. The molecule has 0 unspecified atom stereocenters. The molecule has 25 heavy (non-hydrogen) atoms. The smallest absolute Gasteiger partial charge is 0.291 e. The molecular formula is C18H12F2N2O3. The summed E-state index contributed by atoms with van der Waals surface area (Å²) in [5.41, 5.74) is 0.422. The summed E-state index contributed by atoms with van der Waals surface area (Å²) in [6.07, 6.45) is 1.37. The molecule has 1 heterocycles. The molecule has 0 saturated carbocycles. The summed E-state index contributed by atoms with van der Waals surface area (Å²) in [6, 6.07) is 12.0. The summed E-state index contributed by atoms with van der Waals surface area (Å²) in [5.74, 6) is -2.55. The Bertz CT molecular complexity index is 924. The number of furan rings is 1. The van der Waals surface area contributed by atoms with E-state index in [2.05, 4.69) is 10.6 Å². The summed E-state index contributed by atoms with van der Waals surface area (Å²) in [5, 5.41) is 4.94. The van der Waals surface area contributed by atoms with Crippen molar-refractivity contribution in [3.05, 3.63) is 83.8 Å². The Labute approximate surface area is 141 Å². The van der Waals surface area contributed by atoms with Gasteiger partial charge in [0.25, 0.3) is 11.8 Å². The fraction of sp³-hybridized carbons (Fsp3) is 0. The molecule has 0 atom stereocenters. The second kappa shape index (κ2) is 6.96. The van der Waals surface area contributed by atoms with E-state index < -0.39 is 23.4 Å². The van der Waals surface area contributed by atoms with Crippen LogP contribution in [0.2, 0.25) is 0 Å². The van der Waals surface area contributed by atoms with Crippen LogP contribution in [0, 0.1) is 11.6 Å². The Morgan fingerprint density at radius 3 is 2.44 bits per heavy atom. The normalized spacial score (nSPS) is 10.3. The molecule has 0 aliphatic carbocycles. The Hall–Kier alpha value is -3.48. The lowest BCUT2D eigenvalue weighted by molar-refractivity contribution is 0.0993. The summed E-state index contributed by atoms with van der Waals surface area (Å²) in [4.78, 5) is 24.1. The minimum absolute atomic E-state index is 0.128. The molecule has 126 valence electrons. The van der Waals surface area contributed by atoms with E-state index >= 15 is 0 Å². The highest BCUT2D eigenvalue weighted by atomic mass is 19.1. The van der Waals surface area contributed by atoms with Crippen LogP contribution in [0.25, 0.3) is 0 Å². The third-order valence-corrected chi connectivity index (χ3v) is 3.31. The van der Waals surface area contributed by atoms with Crippen LogP contribution >= 0.6 is 0 Å². The van der Waals surface area contributed by atoms with Crippen molar-refractivity contribution >= 4 is 23.2 Å². The molecule has 2 aromatic carbocycles. The van der Waals surface area contributed by atoms with E-state index in [0.29, 0.717) is 11.8 Å². The molecule has 3 rings (SSSR count). The molecule has 0 radical (unpaired) electrons. The van der Waals surface area contributed by atoms with Gasteiger partial charge >= 0.3 is 0 Å². The number of hydrogen-bond donors (Lipinski definition) is 2. The first kappa shape index (κ1) is 16.4. The lowest BCUT2D eigenvalue weighted by Gasteiger charge is -2.08. The SMILES string of the molecule is O=C(Nc1ccc(F)cc1F)c1cccc(NC(=O)c2ccco2)c1. The highest BCUT2D eigenvalue weighted by Gasteiger charge is 2.13. The highest BCUT2D eigenvalue weighted by molar-refractivity contribution is 6.06. The van der Waals surface area contributed by atoms with Crippen LogP contribution in [0.15, 0.2) is 65.3 Å². The van der Waals surface area contributed by atoms with Crippen LogP contribution < -0.4 is 10.6 Å². The van der Waals surface area contributed by atoms with Gasteiger partial charge < -0.3 is 15.1 Å². The van der Waals surface area contributed by atoms with Crippen LogP contribution in [0.3, 0.4) is 0 Å². The third kappa shape index (κ3) is 3.89. The van der Waals surface area contributed by atoms with Gasteiger partial charge in [0.15, 0.2) is 5.76 Å². The van der Waals surface area contributed by atoms with E-state index in [4.69, 9.17) is 4.42 Å². The molecule has 2 amide bonds. The maximum Gasteiger partial charge on any atom is 0.291 e. The van der Waals surface area contributed by atoms with E-state index in [1.165, 1.54) is 24.5 Å². The molecule has 0 spiro atoms. The van der Waals surface area contributed by atoms with Crippen molar-refractivity contribution in [1.29, 1.82) is 0 Å². The van der Waals surface area contributed by atoms with Crippen molar-refractivity contribution in [1.82, 2.24) is 0 Å². The molecule has 2 N–H and O–H groups in total. The third-order valence-electron chi connectivity index (χ3n) is 3.31. The Morgan fingerprint density at radius 2 is 1.72 bits per heavy atom. The second-order valence-corrected chi connectivity index (χ2v) is 5.09. The first-order chi connectivity index (χ1) is 12.0. The monoisotopic (exact) mass is 342 g/mol. The van der Waals surface area contributed by atoms with Crippen LogP contribution in [-0.2, 0) is 0 Å². The largest absolute Gasteiger partial charge is 0.459 e. The van der Waals surface area contributed by atoms with Gasteiger partial charge in [-0.3, -0.25) is 9.59 Å². The Kier molecular flexibility index (Phi) is 4.56. The first-order valence-corrected chi connectivity index (χ1v) is 7.24. The van der Waals surface area contributed by atoms with Gasteiger partial charge in [0.05, 0.1) is 12.0 Å². The van der Waals surface area contributed by atoms with Gasteiger partial charge in [-0.1, -0.05) is 6.07 Å². The molecular weight excluding hydrogens is 330 g/mol. The number of rotatable bonds is 4. The highest BCUT2D eigenvalue weighted by Crippen LogP contribution is 2.18. The summed E-state index contributed by atoms with van der Waals surface area (Å²) in [7, 11) is 0. The van der Waals surface area contributed by atoms with Gasteiger partial charge in [0.2, 0.25) is 0 Å². The number of carbonyl (C=O) groups excluding carboxylic acids is 2. The first-order valence-electron chi connectivity index (χ1n) is 7.24. The number of halogens is 2. The Morgan fingerprint density at radius 1 is 0.880 bits per heavy atom. The average molecular weight is 342 g/mol. The van der Waals surface area contributed by atoms with Gasteiger partial charge in [-0.2, -0.15) is 0 Å². The van der Waals surface area contributed by atoms with E-state index in [1.807, 2.05) is 0 Å². The number of nitrogens with one attached hydrogen (secondary N) is 2. The molecule has 0 bridgehead atoms. The van der Waals surface area contributed by atoms with Gasteiger partial charge in [-0.05, 0) is 42.5 Å². The molecule has 7 heteroatoms. The lowest BCUT2D eigenvalue weighted by Crippen LogP contribution is -2.15. The number of amides is 2. The number of anilines is 2. The molecule has 1 aromatic heterocycles. The standard InChI is InChI=1S/C18H12F2N2O3/c19-12-6-7-15(14(20)10-12)22-17(23)11-3-1-4-13(9-11)21-18(24)16-5-2-8-25-16/h1-10H,(H,21,24)(H,22,23). The van der Waals surface area contributed by atoms with Crippen molar-refractivity contribution in [2.24, 2.45) is 0 Å². The van der Waals surface area contributed by atoms with Crippen LogP contribution in [0.4, 0.5) is 20.2 Å². The topological polar surface area (TPSA) is 71.3 Å². The quantitative estimate of drug-likeness (QED) is 0.751. The summed E-state index contributed by atoms with van der Waals surface area (Å²) >= 11 is 0. The van der Waals surface area contributed by atoms with Gasteiger partial charge in [0.1, 0.15) is 11.6 Å². The van der Waals surface area contributed by atoms with Crippen LogP contribution in [0.1, 0.15) is 20.9 Å². The van der Waals surface area contributed by atoms with Crippen molar-refractivity contribution < 1.29 is 22.8 Å². The molecule has 5 nitrogen and oxygen atoms in total. The molecule has 0 fully saturated rings. The van der Waals surface area contributed by atoms with Crippen molar-refractivity contribution in [2.45, 2.75) is 0 Å². The van der Waals surface area contributed by atoms with Crippen LogP contribution in [0.5, 0.6) is 0 Å². The van der Waals surface area contributed by atoms with Crippen molar-refractivity contribution in [3.63, 3.8) is 0 Å². The fourth-order valence-corrected chi connectivity index (χ4v) is 2.12. The molecule has 0 aliphatic heterocycles. The van der Waals surface area contributed by atoms with Crippen LogP contribution in [-0.4, -0.2) is 11.8 Å². The number of carbonyl (C=O) groups is 2. The van der Waals surface area contributed by atoms with E-state index in [-0.39, 0.29) is 17.0 Å². The fourth-order valence-electron chi connectivity index (χ4n) is 2.12. The average Bonchev–Trinajstić information content (AvgIpc) is 3.12. The lowest BCUT2D eigenvalue weighted by atomic mass is 10.1. The van der Waals surface area contributed by atoms with Crippen molar-refractivity contribution in [2.75, 3.05) is 10.6 Å². The molecule has 0 aliphatic rings. The van der Waals surface area contributed by atoms with Gasteiger partial charge in [0, 0.05) is 17.3 Å². The second-order valence-electron chi connectivity index (χ2n) is 5.09. The zero-order chi connectivity index (χ0) is 17.8.